The standard InChI is InChI=1S/C17H11F3N6OS2/c18-17(19,20)27-13-6-4-12(5-7-13)26-16(23-24-25-26)29-10-11-9-28-15(22-11)14-3-1-2-8-21-14/h1-9H,10H2. The lowest BCUT2D eigenvalue weighted by molar-refractivity contribution is -0.274. The van der Waals surface area contributed by atoms with Gasteiger partial charge in [0.25, 0.3) is 0 Å². The minimum Gasteiger partial charge on any atom is -0.406 e. The lowest BCUT2D eigenvalue weighted by atomic mass is 10.3. The smallest absolute Gasteiger partial charge is 0.406 e. The number of benzene rings is 1. The summed E-state index contributed by atoms with van der Waals surface area (Å²) in [4.78, 5) is 8.84. The Morgan fingerprint density at radius 3 is 2.66 bits per heavy atom. The molecule has 4 aromatic rings. The third-order valence-corrected chi connectivity index (χ3v) is 5.41. The van der Waals surface area contributed by atoms with Crippen LogP contribution in [0.25, 0.3) is 16.4 Å². The van der Waals surface area contributed by atoms with Crippen LogP contribution < -0.4 is 4.74 Å². The monoisotopic (exact) mass is 436 g/mol. The highest BCUT2D eigenvalue weighted by Crippen LogP contribution is 2.28. The highest BCUT2D eigenvalue weighted by atomic mass is 32.2. The van der Waals surface area contributed by atoms with Crippen LogP contribution in [0, 0.1) is 0 Å². The average molecular weight is 436 g/mol. The number of tetrazole rings is 1. The lowest BCUT2D eigenvalue weighted by Gasteiger charge is -2.09. The van der Waals surface area contributed by atoms with Crippen LogP contribution in [0.2, 0.25) is 0 Å². The second kappa shape index (κ2) is 8.17. The molecule has 0 amide bonds. The third-order valence-electron chi connectivity index (χ3n) is 3.54. The summed E-state index contributed by atoms with van der Waals surface area (Å²) in [5, 5.41) is 14.8. The van der Waals surface area contributed by atoms with Crippen LogP contribution in [0.4, 0.5) is 13.2 Å². The normalized spacial score (nSPS) is 11.6. The van der Waals surface area contributed by atoms with Crippen molar-refractivity contribution < 1.29 is 17.9 Å². The molecular formula is C17H11F3N6OS2. The molecule has 0 fully saturated rings. The van der Waals surface area contributed by atoms with Crippen LogP contribution in [0.1, 0.15) is 5.69 Å². The van der Waals surface area contributed by atoms with Crippen molar-refractivity contribution in [2.24, 2.45) is 0 Å². The zero-order chi connectivity index (χ0) is 20.3. The predicted molar refractivity (Wildman–Crippen MR) is 101 cm³/mol. The van der Waals surface area contributed by atoms with Gasteiger partial charge in [-0.2, -0.15) is 4.68 Å². The van der Waals surface area contributed by atoms with Crippen molar-refractivity contribution in [3.8, 4) is 22.1 Å². The lowest BCUT2D eigenvalue weighted by Crippen LogP contribution is -2.17. The summed E-state index contributed by atoms with van der Waals surface area (Å²) in [6, 6.07) is 10.9. The first-order valence-electron chi connectivity index (χ1n) is 8.11. The molecule has 0 saturated carbocycles. The highest BCUT2D eigenvalue weighted by molar-refractivity contribution is 7.98. The Morgan fingerprint density at radius 1 is 1.10 bits per heavy atom. The number of aromatic nitrogens is 6. The molecule has 0 aliphatic rings. The second-order valence-electron chi connectivity index (χ2n) is 5.56. The predicted octanol–water partition coefficient (Wildman–Crippen LogP) is 4.37. The quantitative estimate of drug-likeness (QED) is 0.415. The summed E-state index contributed by atoms with van der Waals surface area (Å²) in [7, 11) is 0. The molecule has 0 atom stereocenters. The fraction of sp³-hybridized carbons (Fsp3) is 0.118. The first-order chi connectivity index (χ1) is 14.0. The number of rotatable bonds is 6. The summed E-state index contributed by atoms with van der Waals surface area (Å²) in [5.41, 5.74) is 2.17. The fourth-order valence-electron chi connectivity index (χ4n) is 2.34. The molecule has 12 heteroatoms. The molecule has 0 radical (unpaired) electrons. The molecule has 0 unspecified atom stereocenters. The fourth-order valence-corrected chi connectivity index (χ4v) is 4.02. The Labute approximate surface area is 170 Å². The van der Waals surface area contributed by atoms with Crippen molar-refractivity contribution in [3.05, 3.63) is 59.7 Å². The zero-order valence-electron chi connectivity index (χ0n) is 14.4. The maximum Gasteiger partial charge on any atom is 0.573 e. The van der Waals surface area contributed by atoms with Gasteiger partial charge in [0.2, 0.25) is 5.16 Å². The molecule has 0 saturated heterocycles. The SMILES string of the molecule is FC(F)(F)Oc1ccc(-n2nnnc2SCc2csc(-c3ccccn3)n2)cc1. The van der Waals surface area contributed by atoms with Crippen molar-refractivity contribution in [2.45, 2.75) is 17.3 Å². The maximum atomic E-state index is 12.3. The van der Waals surface area contributed by atoms with Gasteiger partial charge in [0.1, 0.15) is 10.8 Å². The average Bonchev–Trinajstić information content (AvgIpc) is 3.36. The number of nitrogens with zero attached hydrogens (tertiary/aromatic N) is 6. The van der Waals surface area contributed by atoms with Crippen LogP contribution in [-0.4, -0.2) is 36.5 Å². The molecule has 0 spiro atoms. The Hall–Kier alpha value is -2.99. The molecule has 7 nitrogen and oxygen atoms in total. The number of hydrogen-bond donors (Lipinski definition) is 0. The Balaban J connectivity index is 1.44. The van der Waals surface area contributed by atoms with Gasteiger partial charge < -0.3 is 4.74 Å². The van der Waals surface area contributed by atoms with E-state index < -0.39 is 6.36 Å². The molecule has 1 aromatic carbocycles. The molecule has 3 aromatic heterocycles. The summed E-state index contributed by atoms with van der Waals surface area (Å²) in [6.07, 6.45) is -3.02. The number of pyridine rings is 1. The van der Waals surface area contributed by atoms with E-state index >= 15 is 0 Å². The highest BCUT2D eigenvalue weighted by Gasteiger charge is 2.31. The van der Waals surface area contributed by atoms with Gasteiger partial charge in [-0.15, -0.1) is 29.6 Å². The van der Waals surface area contributed by atoms with E-state index in [1.54, 1.807) is 6.20 Å². The summed E-state index contributed by atoms with van der Waals surface area (Å²) in [6.45, 7) is 0. The summed E-state index contributed by atoms with van der Waals surface area (Å²) < 4.78 is 42.1. The van der Waals surface area contributed by atoms with Crippen LogP contribution in [0.15, 0.2) is 59.2 Å². The molecule has 0 bridgehead atoms. The number of thiazole rings is 1. The Bertz CT molecular complexity index is 1080. The van der Waals surface area contributed by atoms with Crippen molar-refractivity contribution in [1.29, 1.82) is 0 Å². The van der Waals surface area contributed by atoms with Crippen LogP contribution in [0.3, 0.4) is 0 Å². The molecule has 0 aliphatic heterocycles. The number of hydrogen-bond acceptors (Lipinski definition) is 8. The minimum atomic E-state index is -4.74. The summed E-state index contributed by atoms with van der Waals surface area (Å²) in [5.74, 6) is 0.215. The molecular weight excluding hydrogens is 425 g/mol. The van der Waals surface area contributed by atoms with Crippen LogP contribution in [-0.2, 0) is 5.75 Å². The van der Waals surface area contributed by atoms with Crippen molar-refractivity contribution in [2.75, 3.05) is 0 Å². The van der Waals surface area contributed by atoms with Gasteiger partial charge in [-0.25, -0.2) is 4.98 Å². The van der Waals surface area contributed by atoms with E-state index in [1.165, 1.54) is 52.0 Å². The Morgan fingerprint density at radius 2 is 1.93 bits per heavy atom. The molecule has 0 N–H and O–H groups in total. The van der Waals surface area contributed by atoms with E-state index in [0.29, 0.717) is 16.6 Å². The maximum absolute atomic E-state index is 12.3. The van der Waals surface area contributed by atoms with Gasteiger partial charge >= 0.3 is 6.36 Å². The van der Waals surface area contributed by atoms with Gasteiger partial charge in [0.15, 0.2) is 0 Å². The molecule has 29 heavy (non-hydrogen) atoms. The van der Waals surface area contributed by atoms with E-state index in [9.17, 15) is 13.2 Å². The van der Waals surface area contributed by atoms with Crippen LogP contribution in [0.5, 0.6) is 5.75 Å². The largest absolute Gasteiger partial charge is 0.573 e. The van der Waals surface area contributed by atoms with E-state index in [-0.39, 0.29) is 5.75 Å². The first-order valence-corrected chi connectivity index (χ1v) is 9.98. The van der Waals surface area contributed by atoms with Gasteiger partial charge in [-0.05, 0) is 46.8 Å². The first kappa shape index (κ1) is 19.3. The van der Waals surface area contributed by atoms with E-state index in [0.717, 1.165) is 16.4 Å². The molecule has 148 valence electrons. The van der Waals surface area contributed by atoms with Gasteiger partial charge in [0, 0.05) is 17.3 Å². The van der Waals surface area contributed by atoms with Crippen LogP contribution >= 0.6 is 23.1 Å². The number of thioether (sulfide) groups is 1. The van der Waals surface area contributed by atoms with Crippen molar-refractivity contribution in [3.63, 3.8) is 0 Å². The van der Waals surface area contributed by atoms with Crippen molar-refractivity contribution in [1.82, 2.24) is 30.2 Å². The second-order valence-corrected chi connectivity index (χ2v) is 7.36. The minimum absolute atomic E-state index is 0.312. The number of alkyl halides is 3. The van der Waals surface area contributed by atoms with E-state index in [4.69, 9.17) is 0 Å². The van der Waals surface area contributed by atoms with Gasteiger partial charge in [-0.1, -0.05) is 17.8 Å². The molecule has 3 heterocycles. The van der Waals surface area contributed by atoms with Crippen molar-refractivity contribution >= 4 is 23.1 Å². The Kier molecular flexibility index (Phi) is 5.45. The van der Waals surface area contributed by atoms with E-state index in [2.05, 4.69) is 30.2 Å². The molecule has 4 rings (SSSR count). The van der Waals surface area contributed by atoms with Gasteiger partial charge in [-0.3, -0.25) is 4.98 Å². The zero-order valence-corrected chi connectivity index (χ0v) is 16.1. The third kappa shape index (κ3) is 4.90. The number of halogens is 3. The topological polar surface area (TPSA) is 78.6 Å². The van der Waals surface area contributed by atoms with Gasteiger partial charge in [0.05, 0.1) is 17.1 Å². The molecule has 0 aliphatic carbocycles. The van der Waals surface area contributed by atoms with E-state index in [1.807, 2.05) is 23.6 Å². The number of ether oxygens (including phenoxy) is 1. The summed E-state index contributed by atoms with van der Waals surface area (Å²) >= 11 is 2.86.